The molecule has 0 spiro atoms. The zero-order valence-electron chi connectivity index (χ0n) is 27.1. The molecule has 232 valence electrons. The van der Waals surface area contributed by atoms with Gasteiger partial charge in [-0.25, -0.2) is 0 Å². The van der Waals surface area contributed by atoms with E-state index in [1.54, 1.807) is 0 Å². The molecule has 0 aliphatic rings. The van der Waals surface area contributed by atoms with Gasteiger partial charge in [0.25, 0.3) is 0 Å². The van der Waals surface area contributed by atoms with Crippen molar-refractivity contribution in [3.63, 3.8) is 0 Å². The van der Waals surface area contributed by atoms with E-state index in [9.17, 15) is 14.7 Å². The number of carboxylic acids is 2. The zero-order chi connectivity index (χ0) is 29.5. The first-order chi connectivity index (χ1) is 18.5. The molecule has 0 bridgehead atoms. The molecule has 0 aromatic heterocycles. The molecule has 2 N–H and O–H groups in total. The normalized spacial score (nSPS) is 13.1. The highest BCUT2D eigenvalue weighted by atomic mass is 16.4. The molecule has 0 amide bonds. The fourth-order valence-corrected chi connectivity index (χ4v) is 6.51. The Morgan fingerprint density at radius 3 is 1.23 bits per heavy atom. The van der Waals surface area contributed by atoms with Crippen molar-refractivity contribution in [3.05, 3.63) is 0 Å². The van der Waals surface area contributed by atoms with E-state index in [4.69, 9.17) is 5.11 Å². The molecule has 4 nitrogen and oxygen atoms in total. The molecule has 0 radical (unpaired) electrons. The van der Waals surface area contributed by atoms with Crippen molar-refractivity contribution in [2.24, 2.45) is 29.1 Å². The van der Waals surface area contributed by atoms with Crippen molar-refractivity contribution in [2.75, 3.05) is 0 Å². The average molecular weight is 553 g/mol. The average Bonchev–Trinajstić information content (AvgIpc) is 2.84. The number of hydrogen-bond acceptors (Lipinski definition) is 2. The molecule has 1 unspecified atom stereocenters. The SMILES string of the molecule is CC(C)CCCCCC(CCCCCC(C)C)(C(=O)O)C(CCCCCCCCCCCCC(=O)O)C(C)C. The first-order valence-electron chi connectivity index (χ1n) is 17.0. The Hall–Kier alpha value is -1.06. The summed E-state index contributed by atoms with van der Waals surface area (Å²) in [6.45, 7) is 13.6. The Bertz CT molecular complexity index is 577. The zero-order valence-corrected chi connectivity index (χ0v) is 27.1. The van der Waals surface area contributed by atoms with Gasteiger partial charge in [0.05, 0.1) is 5.41 Å². The molecule has 0 saturated heterocycles. The summed E-state index contributed by atoms with van der Waals surface area (Å²) in [7, 11) is 0. The summed E-state index contributed by atoms with van der Waals surface area (Å²) < 4.78 is 0. The molecule has 0 rings (SSSR count). The summed E-state index contributed by atoms with van der Waals surface area (Å²) in [5.41, 5.74) is -0.565. The van der Waals surface area contributed by atoms with Gasteiger partial charge in [-0.3, -0.25) is 9.59 Å². The van der Waals surface area contributed by atoms with Gasteiger partial charge in [0.1, 0.15) is 0 Å². The molecule has 4 heteroatoms. The van der Waals surface area contributed by atoms with Crippen LogP contribution in [-0.4, -0.2) is 22.2 Å². The van der Waals surface area contributed by atoms with Crippen molar-refractivity contribution in [1.82, 2.24) is 0 Å². The first kappa shape index (κ1) is 37.9. The molecule has 0 fully saturated rings. The van der Waals surface area contributed by atoms with Crippen LogP contribution in [0, 0.1) is 29.1 Å². The van der Waals surface area contributed by atoms with Gasteiger partial charge < -0.3 is 10.2 Å². The maximum atomic E-state index is 13.0. The van der Waals surface area contributed by atoms with E-state index in [0.717, 1.165) is 82.5 Å². The minimum Gasteiger partial charge on any atom is -0.481 e. The Balaban J connectivity index is 4.79. The summed E-state index contributed by atoms with van der Waals surface area (Å²) in [5, 5.41) is 19.4. The molecule has 0 aliphatic heterocycles. The lowest BCUT2D eigenvalue weighted by Gasteiger charge is -2.40. The molecular weight excluding hydrogens is 484 g/mol. The van der Waals surface area contributed by atoms with Crippen LogP contribution in [-0.2, 0) is 9.59 Å². The largest absolute Gasteiger partial charge is 0.481 e. The van der Waals surface area contributed by atoms with Gasteiger partial charge in [-0.15, -0.1) is 0 Å². The number of hydrogen-bond donors (Lipinski definition) is 2. The first-order valence-corrected chi connectivity index (χ1v) is 17.0. The standard InChI is InChI=1S/C35H68O4/c1-29(2)23-17-15-21-27-35(34(38)39,28-22-16-18-24-30(3)4)32(31(5)6)25-19-13-11-9-7-8-10-12-14-20-26-33(36)37/h29-32H,7-28H2,1-6H3,(H,36,37)(H,38,39). The van der Waals surface area contributed by atoms with Crippen LogP contribution >= 0.6 is 0 Å². The molecule has 0 aromatic carbocycles. The number of rotatable bonds is 28. The summed E-state index contributed by atoms with van der Waals surface area (Å²) >= 11 is 0. The van der Waals surface area contributed by atoms with Crippen LogP contribution < -0.4 is 0 Å². The van der Waals surface area contributed by atoms with Gasteiger partial charge in [0.15, 0.2) is 0 Å². The van der Waals surface area contributed by atoms with Gasteiger partial charge in [-0.05, 0) is 49.4 Å². The predicted molar refractivity (Wildman–Crippen MR) is 167 cm³/mol. The molecule has 0 aromatic rings. The fourth-order valence-electron chi connectivity index (χ4n) is 6.51. The quantitative estimate of drug-likeness (QED) is 0.0946. The highest BCUT2D eigenvalue weighted by molar-refractivity contribution is 5.75. The Labute approximate surface area is 243 Å². The van der Waals surface area contributed by atoms with Gasteiger partial charge in [0.2, 0.25) is 0 Å². The number of unbranched alkanes of at least 4 members (excludes halogenated alkanes) is 13. The topological polar surface area (TPSA) is 74.6 Å². The van der Waals surface area contributed by atoms with Crippen LogP contribution in [0.25, 0.3) is 0 Å². The monoisotopic (exact) mass is 553 g/mol. The summed E-state index contributed by atoms with van der Waals surface area (Å²) in [5.74, 6) is 0.894. The number of aliphatic carboxylic acids is 2. The second kappa shape index (κ2) is 23.6. The highest BCUT2D eigenvalue weighted by Crippen LogP contribution is 2.46. The Kier molecular flexibility index (Phi) is 23.0. The third-order valence-electron chi connectivity index (χ3n) is 8.90. The smallest absolute Gasteiger partial charge is 0.309 e. The van der Waals surface area contributed by atoms with Crippen LogP contribution in [0.2, 0.25) is 0 Å². The van der Waals surface area contributed by atoms with Crippen molar-refractivity contribution >= 4 is 11.9 Å². The van der Waals surface area contributed by atoms with Gasteiger partial charge in [-0.2, -0.15) is 0 Å². The third kappa shape index (κ3) is 19.6. The minimum atomic E-state index is -0.682. The third-order valence-corrected chi connectivity index (χ3v) is 8.90. The molecule has 39 heavy (non-hydrogen) atoms. The van der Waals surface area contributed by atoms with E-state index in [1.807, 2.05) is 0 Å². The van der Waals surface area contributed by atoms with Crippen LogP contribution in [0.15, 0.2) is 0 Å². The van der Waals surface area contributed by atoms with E-state index in [2.05, 4.69) is 41.5 Å². The molecule has 1 atom stereocenters. The van der Waals surface area contributed by atoms with E-state index >= 15 is 0 Å². The summed E-state index contributed by atoms with van der Waals surface area (Å²) in [6.07, 6.45) is 23.9. The van der Waals surface area contributed by atoms with Crippen molar-refractivity contribution < 1.29 is 19.8 Å². The molecule has 0 aliphatic carbocycles. The van der Waals surface area contributed by atoms with Crippen molar-refractivity contribution in [2.45, 2.75) is 183 Å². The highest BCUT2D eigenvalue weighted by Gasteiger charge is 2.45. The predicted octanol–water partition coefficient (Wildman–Crippen LogP) is 11.3. The van der Waals surface area contributed by atoms with E-state index in [-0.39, 0.29) is 5.92 Å². The maximum absolute atomic E-state index is 13.0. The van der Waals surface area contributed by atoms with E-state index in [0.29, 0.717) is 12.3 Å². The van der Waals surface area contributed by atoms with Crippen molar-refractivity contribution in [3.8, 4) is 0 Å². The fraction of sp³-hybridized carbons (Fsp3) is 0.943. The lowest BCUT2D eigenvalue weighted by Crippen LogP contribution is -2.41. The summed E-state index contributed by atoms with van der Waals surface area (Å²) in [4.78, 5) is 23.6. The van der Waals surface area contributed by atoms with Gasteiger partial charge >= 0.3 is 11.9 Å². The number of carboxylic acid groups (broad SMARTS) is 2. The molecule has 0 heterocycles. The molecule has 0 saturated carbocycles. The van der Waals surface area contributed by atoms with E-state index in [1.165, 1.54) is 64.2 Å². The van der Waals surface area contributed by atoms with Crippen molar-refractivity contribution in [1.29, 1.82) is 0 Å². The Morgan fingerprint density at radius 2 is 0.872 bits per heavy atom. The molecular formula is C35H68O4. The second-order valence-corrected chi connectivity index (χ2v) is 13.8. The van der Waals surface area contributed by atoms with Gasteiger partial charge in [-0.1, -0.05) is 151 Å². The van der Waals surface area contributed by atoms with Crippen LogP contribution in [0.3, 0.4) is 0 Å². The van der Waals surface area contributed by atoms with Gasteiger partial charge in [0, 0.05) is 6.42 Å². The maximum Gasteiger partial charge on any atom is 0.309 e. The minimum absolute atomic E-state index is 0.260. The van der Waals surface area contributed by atoms with Crippen LogP contribution in [0.1, 0.15) is 183 Å². The number of carbonyl (C=O) groups is 2. The van der Waals surface area contributed by atoms with E-state index < -0.39 is 17.4 Å². The lowest BCUT2D eigenvalue weighted by atomic mass is 9.63. The van der Waals surface area contributed by atoms with Crippen LogP contribution in [0.4, 0.5) is 0 Å². The van der Waals surface area contributed by atoms with Crippen LogP contribution in [0.5, 0.6) is 0 Å². The lowest BCUT2D eigenvalue weighted by molar-refractivity contribution is -0.156. The summed E-state index contributed by atoms with van der Waals surface area (Å²) in [6, 6.07) is 0. The Morgan fingerprint density at radius 1 is 0.513 bits per heavy atom. The second-order valence-electron chi connectivity index (χ2n) is 13.8.